The second kappa shape index (κ2) is 6.41. The molecule has 3 nitrogen and oxygen atoms in total. The number of fused-ring (bicyclic) bond motifs is 1. The van der Waals surface area contributed by atoms with Crippen molar-refractivity contribution in [1.82, 2.24) is 0 Å². The van der Waals surface area contributed by atoms with Gasteiger partial charge in [-0.05, 0) is 61.4 Å². The molecule has 0 unspecified atom stereocenters. The van der Waals surface area contributed by atoms with Crippen LogP contribution in [-0.4, -0.2) is 19.7 Å². The minimum Gasteiger partial charge on any atom is -0.496 e. The Kier molecular flexibility index (Phi) is 4.61. The normalized spacial score (nSPS) is 14.2. The summed E-state index contributed by atoms with van der Waals surface area (Å²) in [7, 11) is 1.71. The smallest absolute Gasteiger partial charge is 0.330 e. The van der Waals surface area contributed by atoms with Gasteiger partial charge in [-0.3, -0.25) is 0 Å². The Bertz CT molecular complexity index is 489. The highest BCUT2D eigenvalue weighted by Crippen LogP contribution is 2.32. The predicted octanol–water partition coefficient (Wildman–Crippen LogP) is 3.15. The van der Waals surface area contributed by atoms with Gasteiger partial charge in [-0.2, -0.15) is 0 Å². The largest absolute Gasteiger partial charge is 0.496 e. The number of hydrogen-bond acceptors (Lipinski definition) is 3. The molecule has 3 heteroatoms. The van der Waals surface area contributed by atoms with Crippen LogP contribution in [-0.2, 0) is 22.4 Å². The van der Waals surface area contributed by atoms with Crippen LogP contribution in [0.3, 0.4) is 0 Å². The van der Waals surface area contributed by atoms with Gasteiger partial charge in [-0.15, -0.1) is 0 Å². The van der Waals surface area contributed by atoms with Crippen LogP contribution in [0.4, 0.5) is 0 Å². The lowest BCUT2D eigenvalue weighted by Gasteiger charge is -2.20. The molecule has 0 amide bonds. The van der Waals surface area contributed by atoms with Gasteiger partial charge in [0.15, 0.2) is 0 Å². The molecule has 0 heterocycles. The van der Waals surface area contributed by atoms with Gasteiger partial charge in [0, 0.05) is 6.08 Å². The molecule has 1 aromatic carbocycles. The van der Waals surface area contributed by atoms with Crippen molar-refractivity contribution >= 4 is 12.0 Å². The fraction of sp³-hybridized carbons (Fsp3) is 0.438. The summed E-state index contributed by atoms with van der Waals surface area (Å²) < 4.78 is 10.3. The molecule has 0 saturated carbocycles. The highest BCUT2D eigenvalue weighted by Gasteiger charge is 2.16. The van der Waals surface area contributed by atoms with E-state index < -0.39 is 0 Å². The van der Waals surface area contributed by atoms with E-state index in [0.29, 0.717) is 6.61 Å². The van der Waals surface area contributed by atoms with E-state index in [1.807, 2.05) is 18.2 Å². The Morgan fingerprint density at radius 2 is 2.00 bits per heavy atom. The van der Waals surface area contributed by atoms with Crippen molar-refractivity contribution < 1.29 is 14.3 Å². The Morgan fingerprint density at radius 1 is 1.26 bits per heavy atom. The van der Waals surface area contributed by atoms with E-state index in [2.05, 4.69) is 0 Å². The van der Waals surface area contributed by atoms with E-state index in [1.165, 1.54) is 30.0 Å². The summed E-state index contributed by atoms with van der Waals surface area (Å²) >= 11 is 0. The molecular formula is C16H20O3. The van der Waals surface area contributed by atoms with Crippen molar-refractivity contribution in [3.63, 3.8) is 0 Å². The van der Waals surface area contributed by atoms with Crippen LogP contribution in [0, 0.1) is 0 Å². The highest BCUT2D eigenvalue weighted by molar-refractivity contribution is 5.87. The zero-order chi connectivity index (χ0) is 13.7. The van der Waals surface area contributed by atoms with Crippen LogP contribution in [0.2, 0.25) is 0 Å². The van der Waals surface area contributed by atoms with E-state index >= 15 is 0 Å². The minimum absolute atomic E-state index is 0.289. The lowest BCUT2D eigenvalue weighted by atomic mass is 9.87. The molecular weight excluding hydrogens is 240 g/mol. The second-order valence-electron chi connectivity index (χ2n) is 4.61. The van der Waals surface area contributed by atoms with Crippen LogP contribution in [0.15, 0.2) is 18.2 Å². The van der Waals surface area contributed by atoms with E-state index in [-0.39, 0.29) is 5.97 Å². The molecule has 0 N–H and O–H groups in total. The molecule has 0 aromatic heterocycles. The van der Waals surface area contributed by atoms with Gasteiger partial charge in [0.05, 0.1) is 13.7 Å². The summed E-state index contributed by atoms with van der Waals surface area (Å²) in [5.41, 5.74) is 3.70. The van der Waals surface area contributed by atoms with Crippen molar-refractivity contribution in [2.45, 2.75) is 32.6 Å². The SMILES string of the molecule is CCOC(=O)C=Cc1ccc(OC)c2c1CCCC2. The molecule has 1 aliphatic carbocycles. The molecule has 0 radical (unpaired) electrons. The van der Waals surface area contributed by atoms with Gasteiger partial charge >= 0.3 is 5.97 Å². The summed E-state index contributed by atoms with van der Waals surface area (Å²) in [6.07, 6.45) is 7.85. The maximum Gasteiger partial charge on any atom is 0.330 e. The van der Waals surface area contributed by atoms with E-state index in [9.17, 15) is 4.79 Å². The average Bonchev–Trinajstić information content (AvgIpc) is 2.45. The number of hydrogen-bond donors (Lipinski definition) is 0. The van der Waals surface area contributed by atoms with Gasteiger partial charge in [0.1, 0.15) is 5.75 Å². The number of carbonyl (C=O) groups excluding carboxylic acids is 1. The Hall–Kier alpha value is -1.77. The first kappa shape index (κ1) is 13.7. The third-order valence-electron chi connectivity index (χ3n) is 3.43. The summed E-state index contributed by atoms with van der Waals surface area (Å²) in [5.74, 6) is 0.672. The van der Waals surface area contributed by atoms with Gasteiger partial charge in [0.2, 0.25) is 0 Å². The molecule has 19 heavy (non-hydrogen) atoms. The van der Waals surface area contributed by atoms with Crippen LogP contribution in [0.25, 0.3) is 6.08 Å². The number of carbonyl (C=O) groups is 1. The molecule has 0 fully saturated rings. The highest BCUT2D eigenvalue weighted by atomic mass is 16.5. The number of methoxy groups -OCH3 is 1. The zero-order valence-corrected chi connectivity index (χ0v) is 11.6. The molecule has 1 aliphatic rings. The average molecular weight is 260 g/mol. The van der Waals surface area contributed by atoms with Crippen LogP contribution >= 0.6 is 0 Å². The predicted molar refractivity (Wildman–Crippen MR) is 75.3 cm³/mol. The van der Waals surface area contributed by atoms with Crippen molar-refractivity contribution in [2.75, 3.05) is 13.7 Å². The second-order valence-corrected chi connectivity index (χ2v) is 4.61. The molecule has 0 bridgehead atoms. The third kappa shape index (κ3) is 3.16. The Morgan fingerprint density at radius 3 is 2.68 bits per heavy atom. The monoisotopic (exact) mass is 260 g/mol. The van der Waals surface area contributed by atoms with E-state index in [1.54, 1.807) is 14.0 Å². The minimum atomic E-state index is -0.289. The molecule has 2 rings (SSSR count). The maximum atomic E-state index is 11.4. The first-order chi connectivity index (χ1) is 9.26. The fourth-order valence-corrected chi connectivity index (χ4v) is 2.56. The summed E-state index contributed by atoms with van der Waals surface area (Å²) in [4.78, 5) is 11.4. The van der Waals surface area contributed by atoms with Gasteiger partial charge in [0.25, 0.3) is 0 Å². The number of ether oxygens (including phenoxy) is 2. The zero-order valence-electron chi connectivity index (χ0n) is 11.6. The van der Waals surface area contributed by atoms with Gasteiger partial charge < -0.3 is 9.47 Å². The Labute approximate surface area is 114 Å². The first-order valence-electron chi connectivity index (χ1n) is 6.79. The molecule has 102 valence electrons. The van der Waals surface area contributed by atoms with Crippen molar-refractivity contribution in [3.8, 4) is 5.75 Å². The quantitative estimate of drug-likeness (QED) is 0.616. The number of rotatable bonds is 4. The van der Waals surface area contributed by atoms with E-state index in [0.717, 1.165) is 24.2 Å². The topological polar surface area (TPSA) is 35.5 Å². The molecule has 1 aromatic rings. The number of benzene rings is 1. The van der Waals surface area contributed by atoms with Crippen LogP contribution in [0.1, 0.15) is 36.5 Å². The summed E-state index contributed by atoms with van der Waals surface area (Å²) in [6.45, 7) is 2.21. The van der Waals surface area contributed by atoms with Crippen LogP contribution < -0.4 is 4.74 Å². The van der Waals surface area contributed by atoms with Gasteiger partial charge in [-0.25, -0.2) is 4.79 Å². The van der Waals surface area contributed by atoms with Gasteiger partial charge in [-0.1, -0.05) is 6.07 Å². The van der Waals surface area contributed by atoms with Crippen LogP contribution in [0.5, 0.6) is 5.75 Å². The lowest BCUT2D eigenvalue weighted by molar-refractivity contribution is -0.137. The maximum absolute atomic E-state index is 11.4. The van der Waals surface area contributed by atoms with Crippen molar-refractivity contribution in [3.05, 3.63) is 34.9 Å². The van der Waals surface area contributed by atoms with E-state index in [4.69, 9.17) is 9.47 Å². The third-order valence-corrected chi connectivity index (χ3v) is 3.43. The fourth-order valence-electron chi connectivity index (χ4n) is 2.56. The molecule has 0 saturated heterocycles. The lowest BCUT2D eigenvalue weighted by Crippen LogP contribution is -2.07. The van der Waals surface area contributed by atoms with Crippen molar-refractivity contribution in [1.29, 1.82) is 0 Å². The number of esters is 1. The summed E-state index contributed by atoms with van der Waals surface area (Å²) in [6, 6.07) is 3.99. The first-order valence-corrected chi connectivity index (χ1v) is 6.79. The Balaban J connectivity index is 2.29. The standard InChI is InChI=1S/C16H20O3/c1-3-19-16(17)11-9-12-8-10-15(18-2)14-7-5-4-6-13(12)14/h8-11H,3-7H2,1-2H3. The summed E-state index contributed by atoms with van der Waals surface area (Å²) in [5, 5.41) is 0. The molecule has 0 aliphatic heterocycles. The molecule has 0 atom stereocenters. The molecule has 0 spiro atoms. The van der Waals surface area contributed by atoms with Crippen molar-refractivity contribution in [2.24, 2.45) is 0 Å².